The van der Waals surface area contributed by atoms with Crippen molar-refractivity contribution in [3.05, 3.63) is 93.7 Å². The van der Waals surface area contributed by atoms with Crippen LogP contribution in [0, 0.1) is 0 Å². The van der Waals surface area contributed by atoms with Crippen molar-refractivity contribution in [1.29, 1.82) is 0 Å². The lowest BCUT2D eigenvalue weighted by Crippen LogP contribution is -2.16. The Kier molecular flexibility index (Phi) is 6.83. The number of aromatic nitrogens is 2. The zero-order valence-electron chi connectivity index (χ0n) is 19.9. The van der Waals surface area contributed by atoms with E-state index in [0.717, 1.165) is 18.4 Å². The molecule has 0 spiro atoms. The summed E-state index contributed by atoms with van der Waals surface area (Å²) in [6.45, 7) is 1.59. The molecule has 0 atom stereocenters. The molecule has 37 heavy (non-hydrogen) atoms. The number of rotatable bonds is 8. The molecule has 0 bridgehead atoms. The summed E-state index contributed by atoms with van der Waals surface area (Å²) >= 11 is 13.3. The highest BCUT2D eigenvalue weighted by Gasteiger charge is 2.52. The zero-order valence-corrected chi connectivity index (χ0v) is 22.2. The highest BCUT2D eigenvalue weighted by molar-refractivity contribution is 7.91. The Morgan fingerprint density at radius 1 is 1.03 bits per heavy atom. The van der Waals surface area contributed by atoms with Crippen molar-refractivity contribution < 1.29 is 17.7 Å². The fourth-order valence-electron chi connectivity index (χ4n) is 4.30. The lowest BCUT2D eigenvalue weighted by atomic mass is 9.94. The Hall–Kier alpha value is -3.20. The van der Waals surface area contributed by atoms with Crippen molar-refractivity contribution in [3.63, 3.8) is 0 Å². The van der Waals surface area contributed by atoms with Gasteiger partial charge in [0.25, 0.3) is 5.89 Å². The van der Waals surface area contributed by atoms with Crippen LogP contribution in [0.15, 0.2) is 76.1 Å². The molecular formula is C27H23Cl2N3O4S. The number of nitrogens with zero attached hydrogens (tertiary/aromatic N) is 2. The van der Waals surface area contributed by atoms with Gasteiger partial charge in [0.05, 0.1) is 22.5 Å². The van der Waals surface area contributed by atoms with Gasteiger partial charge in [-0.15, -0.1) is 0 Å². The van der Waals surface area contributed by atoms with E-state index in [0.29, 0.717) is 38.6 Å². The van der Waals surface area contributed by atoms with Gasteiger partial charge in [0.1, 0.15) is 0 Å². The predicted octanol–water partition coefficient (Wildman–Crippen LogP) is 6.10. The first-order valence-corrected chi connectivity index (χ1v) is 14.1. The van der Waals surface area contributed by atoms with Crippen molar-refractivity contribution in [2.45, 2.75) is 36.5 Å². The molecule has 5 rings (SSSR count). The molecule has 1 saturated carbocycles. The molecule has 3 aromatic carbocycles. The van der Waals surface area contributed by atoms with Crippen molar-refractivity contribution in [3.8, 4) is 11.5 Å². The maximum absolute atomic E-state index is 12.6. The van der Waals surface area contributed by atoms with Gasteiger partial charge in [0.15, 0.2) is 15.7 Å². The van der Waals surface area contributed by atoms with Gasteiger partial charge >= 0.3 is 0 Å². The minimum absolute atomic E-state index is 0.0204. The number of benzene rings is 3. The quantitative estimate of drug-likeness (QED) is 0.282. The van der Waals surface area contributed by atoms with Crippen LogP contribution >= 0.6 is 23.2 Å². The lowest BCUT2D eigenvalue weighted by Gasteiger charge is -2.17. The summed E-state index contributed by atoms with van der Waals surface area (Å²) in [7, 11) is -3.29. The average Bonchev–Trinajstić information content (AvgIpc) is 3.50. The molecule has 0 radical (unpaired) electrons. The number of amides is 1. The summed E-state index contributed by atoms with van der Waals surface area (Å²) in [5.74, 6) is 0.698. The number of anilines is 1. The Bertz CT molecular complexity index is 1540. The van der Waals surface area contributed by atoms with Crippen LogP contribution in [0.1, 0.15) is 36.7 Å². The second-order valence-electron chi connectivity index (χ2n) is 8.96. The van der Waals surface area contributed by atoms with E-state index in [2.05, 4.69) is 15.5 Å². The number of carbonyl (C=O) groups excluding carboxylic acids is 1. The number of halogens is 2. The van der Waals surface area contributed by atoms with Crippen molar-refractivity contribution in [2.75, 3.05) is 11.1 Å². The van der Waals surface area contributed by atoms with Gasteiger partial charge in [-0.05, 0) is 54.8 Å². The molecule has 1 amide bonds. The molecule has 1 aliphatic rings. The summed E-state index contributed by atoms with van der Waals surface area (Å²) in [5, 5.41) is 7.84. The Labute approximate surface area is 224 Å². The van der Waals surface area contributed by atoms with Crippen LogP contribution in [0.25, 0.3) is 11.5 Å². The molecule has 1 aliphatic carbocycles. The molecule has 0 unspecified atom stereocenters. The first kappa shape index (κ1) is 25.4. The topological polar surface area (TPSA) is 102 Å². The lowest BCUT2D eigenvalue weighted by molar-refractivity contribution is -0.115. The van der Waals surface area contributed by atoms with Gasteiger partial charge in [-0.1, -0.05) is 65.6 Å². The molecule has 190 valence electrons. The minimum Gasteiger partial charge on any atom is -0.334 e. The zero-order chi connectivity index (χ0) is 26.2. The van der Waals surface area contributed by atoms with Crippen LogP contribution in [0.2, 0.25) is 10.0 Å². The Morgan fingerprint density at radius 3 is 2.27 bits per heavy atom. The van der Waals surface area contributed by atoms with Crippen molar-refractivity contribution >= 4 is 44.6 Å². The van der Waals surface area contributed by atoms with Gasteiger partial charge < -0.3 is 9.84 Å². The molecule has 1 heterocycles. The highest BCUT2D eigenvalue weighted by atomic mass is 35.5. The van der Waals surface area contributed by atoms with Crippen molar-refractivity contribution in [2.24, 2.45) is 0 Å². The van der Waals surface area contributed by atoms with E-state index in [4.69, 9.17) is 27.7 Å². The van der Waals surface area contributed by atoms with Crippen LogP contribution in [0.5, 0.6) is 0 Å². The molecule has 1 fully saturated rings. The van der Waals surface area contributed by atoms with Crippen molar-refractivity contribution in [1.82, 2.24) is 10.1 Å². The standard InChI is InChI=1S/C27H23Cl2N3O4S/c1-2-37(34,35)20-10-8-17(9-11-20)14-23(33)30-19-15-21(28)24(22(29)16-19)27(12-13-27)26-31-25(36-32-26)18-6-4-3-5-7-18/h3-11,15-16H,2,12-14H2,1H3,(H,30,33). The van der Waals surface area contributed by atoms with E-state index < -0.39 is 15.3 Å². The summed E-state index contributed by atoms with van der Waals surface area (Å²) in [6, 6.07) is 19.1. The average molecular weight is 556 g/mol. The molecule has 1 aromatic heterocycles. The summed E-state index contributed by atoms with van der Waals surface area (Å²) in [4.78, 5) is 17.5. The Balaban J connectivity index is 1.32. The van der Waals surface area contributed by atoms with Gasteiger partial charge in [0.2, 0.25) is 5.91 Å². The van der Waals surface area contributed by atoms with E-state index in [-0.39, 0.29) is 23.0 Å². The number of hydrogen-bond donors (Lipinski definition) is 1. The summed E-state index contributed by atoms with van der Waals surface area (Å²) < 4.78 is 29.5. The molecule has 10 heteroatoms. The maximum Gasteiger partial charge on any atom is 0.257 e. The molecule has 4 aromatic rings. The number of sulfone groups is 1. The van der Waals surface area contributed by atoms with Crippen LogP contribution < -0.4 is 5.32 Å². The predicted molar refractivity (Wildman–Crippen MR) is 143 cm³/mol. The van der Waals surface area contributed by atoms with E-state index in [1.165, 1.54) is 12.1 Å². The fourth-order valence-corrected chi connectivity index (χ4v) is 6.03. The largest absolute Gasteiger partial charge is 0.334 e. The summed E-state index contributed by atoms with van der Waals surface area (Å²) in [6.07, 6.45) is 1.61. The normalized spacial score (nSPS) is 14.4. The fraction of sp³-hybridized carbons (Fsp3) is 0.222. The molecular weight excluding hydrogens is 533 g/mol. The molecule has 1 N–H and O–H groups in total. The SMILES string of the molecule is CCS(=O)(=O)c1ccc(CC(=O)Nc2cc(Cl)c(C3(c4noc(-c5ccccc5)n4)CC3)c(Cl)c2)cc1. The summed E-state index contributed by atoms with van der Waals surface area (Å²) in [5.41, 5.74) is 2.15. The van der Waals surface area contributed by atoms with Gasteiger partial charge in [-0.2, -0.15) is 4.98 Å². The third-order valence-electron chi connectivity index (χ3n) is 6.46. The van der Waals surface area contributed by atoms with E-state index in [9.17, 15) is 13.2 Å². The van der Waals surface area contributed by atoms with Crippen LogP contribution in [0.3, 0.4) is 0 Å². The highest BCUT2D eigenvalue weighted by Crippen LogP contribution is 2.57. The maximum atomic E-state index is 12.6. The van der Waals surface area contributed by atoms with E-state index >= 15 is 0 Å². The Morgan fingerprint density at radius 2 is 1.68 bits per heavy atom. The smallest absolute Gasteiger partial charge is 0.257 e. The second kappa shape index (κ2) is 9.93. The molecule has 0 aliphatic heterocycles. The third-order valence-corrected chi connectivity index (χ3v) is 8.80. The third kappa shape index (κ3) is 5.14. The number of hydrogen-bond acceptors (Lipinski definition) is 6. The minimum atomic E-state index is -3.29. The number of carbonyl (C=O) groups is 1. The number of nitrogens with one attached hydrogen (secondary N) is 1. The van der Waals surface area contributed by atoms with E-state index in [1.807, 2.05) is 30.3 Å². The van der Waals surface area contributed by atoms with Crippen LogP contribution in [0.4, 0.5) is 5.69 Å². The first-order valence-electron chi connectivity index (χ1n) is 11.7. The second-order valence-corrected chi connectivity index (χ2v) is 12.1. The van der Waals surface area contributed by atoms with Gasteiger partial charge in [0, 0.05) is 26.9 Å². The first-order chi connectivity index (χ1) is 17.7. The van der Waals surface area contributed by atoms with Gasteiger partial charge in [-0.25, -0.2) is 8.42 Å². The van der Waals surface area contributed by atoms with E-state index in [1.54, 1.807) is 31.2 Å². The molecule has 0 saturated heterocycles. The van der Waals surface area contributed by atoms with Gasteiger partial charge in [-0.3, -0.25) is 4.79 Å². The molecule has 7 nitrogen and oxygen atoms in total. The van der Waals surface area contributed by atoms with Crippen LogP contribution in [-0.2, 0) is 26.5 Å². The van der Waals surface area contributed by atoms with Crippen LogP contribution in [-0.4, -0.2) is 30.2 Å². The monoisotopic (exact) mass is 555 g/mol.